The maximum atomic E-state index is 8.87. The van der Waals surface area contributed by atoms with Gasteiger partial charge < -0.3 is 15.8 Å². The van der Waals surface area contributed by atoms with Crippen LogP contribution in [-0.4, -0.2) is 17.6 Å². The Morgan fingerprint density at radius 1 is 1.32 bits per heavy atom. The second-order valence-corrected chi connectivity index (χ2v) is 5.13. The summed E-state index contributed by atoms with van der Waals surface area (Å²) < 4.78 is 0. The Morgan fingerprint density at radius 3 is 2.74 bits per heavy atom. The van der Waals surface area contributed by atoms with Crippen LogP contribution in [0.3, 0.4) is 0 Å². The van der Waals surface area contributed by atoms with Crippen molar-refractivity contribution in [2.24, 2.45) is 10.9 Å². The van der Waals surface area contributed by atoms with Crippen LogP contribution in [0.25, 0.3) is 0 Å². The molecule has 1 aromatic carbocycles. The molecule has 4 nitrogen and oxygen atoms in total. The average Bonchev–Trinajstić information content (AvgIpc) is 2.97. The van der Waals surface area contributed by atoms with Crippen LogP contribution in [0.2, 0.25) is 0 Å². The zero-order chi connectivity index (χ0) is 13.7. The molecule has 0 amide bonds. The molecular formula is C14H17N3OS. The molecule has 0 aliphatic carbocycles. The summed E-state index contributed by atoms with van der Waals surface area (Å²) in [5.74, 6) is 0.139. The van der Waals surface area contributed by atoms with Crippen LogP contribution < -0.4 is 10.6 Å². The van der Waals surface area contributed by atoms with Crippen LogP contribution in [0.15, 0.2) is 46.9 Å². The Morgan fingerprint density at radius 2 is 2.11 bits per heavy atom. The first-order valence-electron chi connectivity index (χ1n) is 6.10. The first-order chi connectivity index (χ1) is 9.26. The number of benzene rings is 1. The fourth-order valence-electron chi connectivity index (χ4n) is 1.98. The van der Waals surface area contributed by atoms with E-state index in [4.69, 9.17) is 10.9 Å². The van der Waals surface area contributed by atoms with E-state index in [2.05, 4.69) is 28.4 Å². The fraction of sp³-hybridized carbons (Fsp3) is 0.214. The number of thiophene rings is 1. The average molecular weight is 275 g/mol. The molecule has 1 heterocycles. The van der Waals surface area contributed by atoms with Gasteiger partial charge in [-0.15, -0.1) is 11.3 Å². The Bertz CT molecular complexity index is 552. The van der Waals surface area contributed by atoms with Crippen LogP contribution >= 0.6 is 11.3 Å². The zero-order valence-electron chi connectivity index (χ0n) is 10.8. The van der Waals surface area contributed by atoms with Crippen LogP contribution in [0, 0.1) is 0 Å². The van der Waals surface area contributed by atoms with Gasteiger partial charge in [0.05, 0.1) is 6.54 Å². The third-order valence-electron chi connectivity index (χ3n) is 2.94. The quantitative estimate of drug-likeness (QED) is 0.382. The number of oxime groups is 1. The van der Waals surface area contributed by atoms with Crippen molar-refractivity contribution < 1.29 is 5.21 Å². The number of hydrogen-bond donors (Lipinski definition) is 2. The van der Waals surface area contributed by atoms with Crippen molar-refractivity contribution in [2.75, 3.05) is 11.4 Å². The third kappa shape index (κ3) is 3.06. The van der Waals surface area contributed by atoms with E-state index in [1.807, 2.05) is 30.3 Å². The van der Waals surface area contributed by atoms with E-state index in [0.29, 0.717) is 0 Å². The Kier molecular flexibility index (Phi) is 4.41. The largest absolute Gasteiger partial charge is 0.409 e. The van der Waals surface area contributed by atoms with Crippen LogP contribution in [0.1, 0.15) is 17.4 Å². The molecule has 0 fully saturated rings. The summed E-state index contributed by atoms with van der Waals surface area (Å²) in [5, 5.41) is 14.0. The minimum Gasteiger partial charge on any atom is -0.409 e. The Labute approximate surface area is 116 Å². The van der Waals surface area contributed by atoms with Crippen LogP contribution in [0.4, 0.5) is 5.69 Å². The van der Waals surface area contributed by atoms with Crippen molar-refractivity contribution >= 4 is 22.9 Å². The van der Waals surface area contributed by atoms with Crippen LogP contribution in [-0.2, 0) is 6.54 Å². The van der Waals surface area contributed by atoms with E-state index in [0.717, 1.165) is 24.3 Å². The van der Waals surface area contributed by atoms with E-state index >= 15 is 0 Å². The minimum absolute atomic E-state index is 0.139. The molecule has 0 atom stereocenters. The summed E-state index contributed by atoms with van der Waals surface area (Å²) >= 11 is 1.73. The van der Waals surface area contributed by atoms with Gasteiger partial charge in [0.2, 0.25) is 0 Å². The molecule has 0 aliphatic heterocycles. The first-order valence-corrected chi connectivity index (χ1v) is 6.98. The number of amidine groups is 1. The fourth-order valence-corrected chi connectivity index (χ4v) is 2.70. The van der Waals surface area contributed by atoms with Gasteiger partial charge in [0.1, 0.15) is 0 Å². The predicted octanol–water partition coefficient (Wildman–Crippen LogP) is 2.87. The van der Waals surface area contributed by atoms with Gasteiger partial charge in [-0.2, -0.15) is 0 Å². The lowest BCUT2D eigenvalue weighted by Gasteiger charge is -2.24. The lowest BCUT2D eigenvalue weighted by atomic mass is 10.1. The maximum Gasteiger partial charge on any atom is 0.172 e. The summed E-state index contributed by atoms with van der Waals surface area (Å²) in [7, 11) is 0. The highest BCUT2D eigenvalue weighted by molar-refractivity contribution is 7.09. The Balaban J connectivity index is 2.33. The van der Waals surface area contributed by atoms with Crippen molar-refractivity contribution in [1.82, 2.24) is 0 Å². The summed E-state index contributed by atoms with van der Waals surface area (Å²) in [6.07, 6.45) is 0. The molecule has 0 radical (unpaired) electrons. The predicted molar refractivity (Wildman–Crippen MR) is 80.0 cm³/mol. The molecule has 1 aromatic heterocycles. The van der Waals surface area contributed by atoms with Crippen molar-refractivity contribution in [1.29, 1.82) is 0 Å². The van der Waals surface area contributed by atoms with Gasteiger partial charge in [0.15, 0.2) is 5.84 Å². The Hall–Kier alpha value is -2.01. The minimum atomic E-state index is 0.139. The van der Waals surface area contributed by atoms with Crippen molar-refractivity contribution in [3.05, 3.63) is 52.2 Å². The molecule has 0 saturated heterocycles. The summed E-state index contributed by atoms with van der Waals surface area (Å²) in [6.45, 7) is 3.77. The molecule has 100 valence electrons. The maximum absolute atomic E-state index is 8.87. The first kappa shape index (κ1) is 13.4. The molecule has 19 heavy (non-hydrogen) atoms. The van der Waals surface area contributed by atoms with Gasteiger partial charge in [0, 0.05) is 22.7 Å². The normalized spacial score (nSPS) is 11.5. The topological polar surface area (TPSA) is 61.8 Å². The molecule has 5 heteroatoms. The van der Waals surface area contributed by atoms with E-state index in [1.165, 1.54) is 4.88 Å². The number of nitrogens with zero attached hydrogens (tertiary/aromatic N) is 2. The molecule has 0 bridgehead atoms. The third-order valence-corrected chi connectivity index (χ3v) is 3.80. The van der Waals surface area contributed by atoms with Crippen LogP contribution in [0.5, 0.6) is 0 Å². The van der Waals surface area contributed by atoms with E-state index in [9.17, 15) is 0 Å². The van der Waals surface area contributed by atoms with Gasteiger partial charge in [-0.05, 0) is 30.5 Å². The molecule has 0 unspecified atom stereocenters. The standard InChI is InChI=1S/C14H17N3OS/c1-2-17(10-11-6-5-9-19-11)13-8-4-3-7-12(13)14(15)16-18/h3-9,18H,2,10H2,1H3,(H2,15,16). The number of anilines is 1. The highest BCUT2D eigenvalue weighted by Gasteiger charge is 2.13. The molecule has 2 aromatic rings. The lowest BCUT2D eigenvalue weighted by molar-refractivity contribution is 0.318. The van der Waals surface area contributed by atoms with E-state index < -0.39 is 0 Å². The highest BCUT2D eigenvalue weighted by atomic mass is 32.1. The second-order valence-electron chi connectivity index (χ2n) is 4.10. The molecule has 0 aliphatic rings. The summed E-state index contributed by atoms with van der Waals surface area (Å²) in [6, 6.07) is 11.9. The van der Waals surface area contributed by atoms with Crippen molar-refractivity contribution in [3.8, 4) is 0 Å². The number of rotatable bonds is 5. The monoisotopic (exact) mass is 275 g/mol. The molecule has 0 saturated carbocycles. The second kappa shape index (κ2) is 6.24. The smallest absolute Gasteiger partial charge is 0.172 e. The van der Waals surface area contributed by atoms with Gasteiger partial charge in [-0.3, -0.25) is 0 Å². The van der Waals surface area contributed by atoms with Gasteiger partial charge >= 0.3 is 0 Å². The summed E-state index contributed by atoms with van der Waals surface area (Å²) in [5.41, 5.74) is 7.47. The molecule has 3 N–H and O–H groups in total. The summed E-state index contributed by atoms with van der Waals surface area (Å²) in [4.78, 5) is 3.50. The van der Waals surface area contributed by atoms with Gasteiger partial charge in [0.25, 0.3) is 0 Å². The number of hydrogen-bond acceptors (Lipinski definition) is 4. The van der Waals surface area contributed by atoms with Crippen molar-refractivity contribution in [2.45, 2.75) is 13.5 Å². The van der Waals surface area contributed by atoms with E-state index in [1.54, 1.807) is 11.3 Å². The molecular weight excluding hydrogens is 258 g/mol. The molecule has 2 rings (SSSR count). The number of para-hydroxylation sites is 1. The molecule has 0 spiro atoms. The highest BCUT2D eigenvalue weighted by Crippen LogP contribution is 2.23. The lowest BCUT2D eigenvalue weighted by Crippen LogP contribution is -2.25. The zero-order valence-corrected chi connectivity index (χ0v) is 11.6. The van der Waals surface area contributed by atoms with E-state index in [-0.39, 0.29) is 5.84 Å². The SMILES string of the molecule is CCN(Cc1cccs1)c1ccccc1/C(N)=N/O. The van der Waals surface area contributed by atoms with Gasteiger partial charge in [-0.1, -0.05) is 23.4 Å². The van der Waals surface area contributed by atoms with Crippen molar-refractivity contribution in [3.63, 3.8) is 0 Å². The number of nitrogens with two attached hydrogens (primary N) is 1. The van der Waals surface area contributed by atoms with Gasteiger partial charge in [-0.25, -0.2) is 0 Å².